The third-order valence-electron chi connectivity index (χ3n) is 4.44. The van der Waals surface area contributed by atoms with Gasteiger partial charge in [-0.15, -0.1) is 0 Å². The molecule has 2 fully saturated rings. The topological polar surface area (TPSA) is 49.4 Å². The highest BCUT2D eigenvalue weighted by Gasteiger charge is 2.46. The molecule has 1 spiro atoms. The number of carbonyl (C=O) groups excluding carboxylic acids is 2. The van der Waals surface area contributed by atoms with E-state index in [4.69, 9.17) is 0 Å². The third-order valence-corrected chi connectivity index (χ3v) is 5.21. The first-order valence-corrected chi connectivity index (χ1v) is 8.24. The second-order valence-electron chi connectivity index (χ2n) is 5.94. The molecule has 5 heteroatoms. The predicted molar refractivity (Wildman–Crippen MR) is 83.5 cm³/mol. The number of amides is 2. The summed E-state index contributed by atoms with van der Waals surface area (Å²) in [5, 5.41) is 2.97. The Bertz CT molecular complexity index is 567. The fourth-order valence-electron chi connectivity index (χ4n) is 3.36. The van der Waals surface area contributed by atoms with Gasteiger partial charge >= 0.3 is 0 Å². The van der Waals surface area contributed by atoms with E-state index >= 15 is 0 Å². The maximum atomic E-state index is 12.9. The van der Waals surface area contributed by atoms with Crippen LogP contribution >= 0.6 is 15.9 Å². The van der Waals surface area contributed by atoms with Crippen LogP contribution in [0.3, 0.4) is 0 Å². The first-order valence-electron chi connectivity index (χ1n) is 7.44. The van der Waals surface area contributed by atoms with Gasteiger partial charge in [0, 0.05) is 11.0 Å². The summed E-state index contributed by atoms with van der Waals surface area (Å²) >= 11 is 3.51. The number of benzene rings is 1. The van der Waals surface area contributed by atoms with Crippen LogP contribution in [0.25, 0.3) is 0 Å². The molecule has 1 aliphatic carbocycles. The Labute approximate surface area is 133 Å². The monoisotopic (exact) mass is 350 g/mol. The van der Waals surface area contributed by atoms with E-state index in [0.29, 0.717) is 6.54 Å². The number of piperazine rings is 1. The van der Waals surface area contributed by atoms with Crippen molar-refractivity contribution in [3.05, 3.63) is 34.3 Å². The van der Waals surface area contributed by atoms with E-state index in [0.717, 1.165) is 42.1 Å². The normalized spacial score (nSPS) is 21.5. The van der Waals surface area contributed by atoms with E-state index in [-0.39, 0.29) is 18.4 Å². The summed E-state index contributed by atoms with van der Waals surface area (Å²) in [4.78, 5) is 26.6. The molecule has 0 atom stereocenters. The molecular weight excluding hydrogens is 332 g/mol. The summed E-state index contributed by atoms with van der Waals surface area (Å²) in [6.07, 6.45) is 4.70. The van der Waals surface area contributed by atoms with Crippen LogP contribution < -0.4 is 5.32 Å². The van der Waals surface area contributed by atoms with E-state index < -0.39 is 5.54 Å². The van der Waals surface area contributed by atoms with Crippen molar-refractivity contribution in [2.45, 2.75) is 44.2 Å². The number of rotatable bonds is 2. The smallest absolute Gasteiger partial charge is 0.249 e. The molecule has 2 aliphatic rings. The summed E-state index contributed by atoms with van der Waals surface area (Å²) < 4.78 is 0.974. The molecule has 1 N–H and O–H groups in total. The first kappa shape index (κ1) is 14.6. The largest absolute Gasteiger partial charge is 0.340 e. The van der Waals surface area contributed by atoms with Crippen molar-refractivity contribution >= 4 is 27.7 Å². The first-order chi connectivity index (χ1) is 10.1. The van der Waals surface area contributed by atoms with Gasteiger partial charge < -0.3 is 10.2 Å². The number of nitrogens with one attached hydrogen (secondary N) is 1. The van der Waals surface area contributed by atoms with Crippen molar-refractivity contribution in [1.82, 2.24) is 10.2 Å². The molecule has 1 saturated carbocycles. The van der Waals surface area contributed by atoms with Crippen molar-refractivity contribution in [2.24, 2.45) is 0 Å². The molecule has 0 unspecified atom stereocenters. The quantitative estimate of drug-likeness (QED) is 0.891. The number of halogens is 1. The van der Waals surface area contributed by atoms with Crippen LogP contribution in [0.15, 0.2) is 28.7 Å². The molecule has 112 valence electrons. The van der Waals surface area contributed by atoms with Crippen LogP contribution in [-0.2, 0) is 16.1 Å². The second-order valence-corrected chi connectivity index (χ2v) is 6.80. The van der Waals surface area contributed by atoms with Crippen LogP contribution in [-0.4, -0.2) is 28.8 Å². The minimum absolute atomic E-state index is 0.0384. The van der Waals surface area contributed by atoms with E-state index in [2.05, 4.69) is 21.2 Å². The molecular formula is C16H19BrN2O2. The summed E-state index contributed by atoms with van der Waals surface area (Å²) in [5.41, 5.74) is 0.390. The lowest BCUT2D eigenvalue weighted by molar-refractivity contribution is -0.152. The summed E-state index contributed by atoms with van der Waals surface area (Å²) in [6.45, 7) is 0.636. The molecule has 21 heavy (non-hydrogen) atoms. The molecule has 2 amide bonds. The molecule has 1 saturated heterocycles. The molecule has 3 rings (SSSR count). The highest BCUT2D eigenvalue weighted by molar-refractivity contribution is 9.10. The Morgan fingerprint density at radius 1 is 1.14 bits per heavy atom. The zero-order valence-corrected chi connectivity index (χ0v) is 13.5. The van der Waals surface area contributed by atoms with Gasteiger partial charge in [0.05, 0.1) is 6.54 Å². The lowest BCUT2D eigenvalue weighted by atomic mass is 9.79. The van der Waals surface area contributed by atoms with Crippen molar-refractivity contribution < 1.29 is 9.59 Å². The van der Waals surface area contributed by atoms with E-state index in [1.807, 2.05) is 24.3 Å². The highest BCUT2D eigenvalue weighted by atomic mass is 79.9. The average Bonchev–Trinajstić information content (AvgIpc) is 2.47. The second kappa shape index (κ2) is 5.79. The molecule has 4 nitrogen and oxygen atoms in total. The Hall–Kier alpha value is -1.36. The van der Waals surface area contributed by atoms with Crippen molar-refractivity contribution in [2.75, 3.05) is 6.54 Å². The number of hydrogen-bond acceptors (Lipinski definition) is 2. The number of hydrogen-bond donors (Lipinski definition) is 1. The Morgan fingerprint density at radius 3 is 2.57 bits per heavy atom. The van der Waals surface area contributed by atoms with Gasteiger partial charge in [-0.2, -0.15) is 0 Å². The maximum Gasteiger partial charge on any atom is 0.249 e. The van der Waals surface area contributed by atoms with Gasteiger partial charge in [-0.1, -0.05) is 53.4 Å². The summed E-state index contributed by atoms with van der Waals surface area (Å²) in [5.74, 6) is 0.0427. The van der Waals surface area contributed by atoms with Crippen LogP contribution in [0.1, 0.15) is 37.7 Å². The SMILES string of the molecule is O=C1CN(Cc2ccccc2Br)C(=O)C2(CCCCC2)N1. The molecule has 0 aromatic heterocycles. The van der Waals surface area contributed by atoms with Gasteiger partial charge in [0.25, 0.3) is 0 Å². The Kier molecular flexibility index (Phi) is 4.02. The van der Waals surface area contributed by atoms with Gasteiger partial charge in [-0.3, -0.25) is 9.59 Å². The van der Waals surface area contributed by atoms with Gasteiger partial charge in [-0.25, -0.2) is 0 Å². The molecule has 1 aliphatic heterocycles. The molecule has 0 radical (unpaired) electrons. The van der Waals surface area contributed by atoms with E-state index in [9.17, 15) is 9.59 Å². The number of nitrogens with zero attached hydrogens (tertiary/aromatic N) is 1. The van der Waals surface area contributed by atoms with Crippen molar-refractivity contribution in [3.63, 3.8) is 0 Å². The Morgan fingerprint density at radius 2 is 1.86 bits per heavy atom. The lowest BCUT2D eigenvalue weighted by Crippen LogP contribution is -2.66. The standard InChI is InChI=1S/C16H19BrN2O2/c17-13-7-3-2-6-12(13)10-19-11-14(20)18-16(15(19)21)8-4-1-5-9-16/h2-3,6-7H,1,4-5,8-11H2,(H,18,20). The average molecular weight is 351 g/mol. The van der Waals surface area contributed by atoms with E-state index in [1.54, 1.807) is 4.90 Å². The van der Waals surface area contributed by atoms with Crippen LogP contribution in [0.4, 0.5) is 0 Å². The van der Waals surface area contributed by atoms with Gasteiger partial charge in [0.1, 0.15) is 5.54 Å². The maximum absolute atomic E-state index is 12.9. The number of carbonyl (C=O) groups is 2. The fraction of sp³-hybridized carbons (Fsp3) is 0.500. The van der Waals surface area contributed by atoms with Crippen LogP contribution in [0.2, 0.25) is 0 Å². The van der Waals surface area contributed by atoms with Crippen molar-refractivity contribution in [1.29, 1.82) is 0 Å². The molecule has 1 aromatic carbocycles. The summed E-state index contributed by atoms with van der Waals surface area (Å²) in [6, 6.07) is 7.84. The zero-order chi connectivity index (χ0) is 14.9. The van der Waals surface area contributed by atoms with Crippen LogP contribution in [0.5, 0.6) is 0 Å². The predicted octanol–water partition coefficient (Wildman–Crippen LogP) is 2.61. The van der Waals surface area contributed by atoms with E-state index in [1.165, 1.54) is 0 Å². The minimum atomic E-state index is -0.644. The minimum Gasteiger partial charge on any atom is -0.340 e. The third kappa shape index (κ3) is 2.84. The Balaban J connectivity index is 1.83. The zero-order valence-electron chi connectivity index (χ0n) is 11.9. The highest BCUT2D eigenvalue weighted by Crippen LogP contribution is 2.32. The van der Waals surface area contributed by atoms with Gasteiger partial charge in [0.2, 0.25) is 11.8 Å². The summed E-state index contributed by atoms with van der Waals surface area (Å²) in [7, 11) is 0. The van der Waals surface area contributed by atoms with Gasteiger partial charge in [-0.05, 0) is 24.5 Å². The molecule has 1 heterocycles. The fourth-order valence-corrected chi connectivity index (χ4v) is 3.77. The lowest BCUT2D eigenvalue weighted by Gasteiger charge is -2.44. The molecule has 0 bridgehead atoms. The molecule has 1 aromatic rings. The van der Waals surface area contributed by atoms with Gasteiger partial charge in [0.15, 0.2) is 0 Å². The van der Waals surface area contributed by atoms with Crippen molar-refractivity contribution in [3.8, 4) is 0 Å². The van der Waals surface area contributed by atoms with Crippen LogP contribution in [0, 0.1) is 0 Å².